The topological polar surface area (TPSA) is 60.4 Å². The summed E-state index contributed by atoms with van der Waals surface area (Å²) in [5.74, 6) is 1.32. The highest BCUT2D eigenvalue weighted by atomic mass is 79.9. The zero-order valence-corrected chi connectivity index (χ0v) is 9.78. The molecule has 5 heteroatoms. The van der Waals surface area contributed by atoms with Crippen molar-refractivity contribution in [3.05, 3.63) is 28.6 Å². The lowest BCUT2D eigenvalue weighted by Gasteiger charge is -2.02. The fourth-order valence-corrected chi connectivity index (χ4v) is 2.05. The Balaban J connectivity index is 2.70. The van der Waals surface area contributed by atoms with Gasteiger partial charge >= 0.3 is 0 Å². The van der Waals surface area contributed by atoms with Crippen LogP contribution >= 0.6 is 15.9 Å². The van der Waals surface area contributed by atoms with Crippen LogP contribution in [-0.2, 0) is 11.2 Å². The molecule has 0 amide bonds. The van der Waals surface area contributed by atoms with Crippen molar-refractivity contribution in [2.24, 2.45) is 0 Å². The Morgan fingerprint density at radius 3 is 3.00 bits per heavy atom. The third-order valence-electron chi connectivity index (χ3n) is 2.12. The minimum Gasteiger partial charge on any atom is -0.385 e. The number of anilines is 1. The first kappa shape index (κ1) is 10.2. The lowest BCUT2D eigenvalue weighted by atomic mass is 10.3. The predicted octanol–water partition coefficient (Wildman–Crippen LogP) is 1.81. The molecule has 0 fully saturated rings. The largest absolute Gasteiger partial charge is 0.385 e. The minimum atomic E-state index is 0.0673. The highest BCUT2D eigenvalue weighted by molar-refractivity contribution is 9.10. The van der Waals surface area contributed by atoms with Crippen molar-refractivity contribution in [1.82, 2.24) is 9.38 Å². The molecule has 0 saturated carbocycles. The normalized spacial score (nSPS) is 10.8. The van der Waals surface area contributed by atoms with Crippen LogP contribution in [0.5, 0.6) is 0 Å². The molecule has 15 heavy (non-hydrogen) atoms. The number of hydrogen-bond donors (Lipinski definition) is 1. The molecule has 0 aliphatic heterocycles. The van der Waals surface area contributed by atoms with Crippen LogP contribution in [0.4, 0.5) is 5.82 Å². The Morgan fingerprint density at radius 1 is 1.60 bits per heavy atom. The van der Waals surface area contributed by atoms with Gasteiger partial charge in [0, 0.05) is 0 Å². The Labute approximate surface area is 95.2 Å². The van der Waals surface area contributed by atoms with E-state index in [1.165, 1.54) is 6.92 Å². The summed E-state index contributed by atoms with van der Waals surface area (Å²) < 4.78 is 2.50. The van der Waals surface area contributed by atoms with Crippen LogP contribution in [0.15, 0.2) is 22.8 Å². The second kappa shape index (κ2) is 3.66. The highest BCUT2D eigenvalue weighted by Gasteiger charge is 2.11. The minimum absolute atomic E-state index is 0.0673. The van der Waals surface area contributed by atoms with Crippen LogP contribution < -0.4 is 5.73 Å². The number of nitrogens with two attached hydrogens (primary N) is 1. The van der Waals surface area contributed by atoms with Crippen molar-refractivity contribution in [3.8, 4) is 0 Å². The summed E-state index contributed by atoms with van der Waals surface area (Å²) in [6, 6.07) is 5.54. The van der Waals surface area contributed by atoms with Crippen molar-refractivity contribution in [3.63, 3.8) is 0 Å². The van der Waals surface area contributed by atoms with Gasteiger partial charge in [-0.1, -0.05) is 6.07 Å². The number of Topliss-reactive ketones (excluding diaryl/α,β-unsaturated/α-hetero) is 1. The van der Waals surface area contributed by atoms with E-state index >= 15 is 0 Å². The summed E-state index contributed by atoms with van der Waals surface area (Å²) in [5.41, 5.74) is 6.72. The maximum absolute atomic E-state index is 11.1. The molecule has 78 valence electrons. The lowest BCUT2D eigenvalue weighted by Crippen LogP contribution is -2.05. The fraction of sp³-hybridized carbons (Fsp3) is 0.200. The van der Waals surface area contributed by atoms with Crippen molar-refractivity contribution >= 4 is 33.0 Å². The van der Waals surface area contributed by atoms with Gasteiger partial charge < -0.3 is 5.73 Å². The first-order chi connectivity index (χ1) is 7.09. The molecule has 0 aliphatic rings. The summed E-state index contributed by atoms with van der Waals surface area (Å²) in [7, 11) is 0. The molecule has 0 aliphatic carbocycles. The quantitative estimate of drug-likeness (QED) is 0.903. The van der Waals surface area contributed by atoms with Gasteiger partial charge in [-0.2, -0.15) is 0 Å². The van der Waals surface area contributed by atoms with Gasteiger partial charge in [-0.05, 0) is 35.0 Å². The molecule has 2 rings (SSSR count). The Morgan fingerprint density at radius 2 is 2.33 bits per heavy atom. The predicted molar refractivity (Wildman–Crippen MR) is 61.7 cm³/mol. The number of ketones is 1. The van der Waals surface area contributed by atoms with Crippen LogP contribution in [0.25, 0.3) is 5.52 Å². The Bertz CT molecular complexity index is 533. The van der Waals surface area contributed by atoms with Crippen molar-refractivity contribution in [2.45, 2.75) is 13.3 Å². The maximum Gasteiger partial charge on any atom is 0.137 e. The molecule has 4 nitrogen and oxygen atoms in total. The standard InChI is InChI=1S/C10H10BrN3O/c1-6(15)5-9-13-10(11)7-3-2-4-8(12)14(7)9/h2-4H,5,12H2,1H3. The second-order valence-corrected chi connectivity index (χ2v) is 4.12. The number of hydrogen-bond acceptors (Lipinski definition) is 3. The molecule has 0 aromatic carbocycles. The molecular formula is C10H10BrN3O. The molecule has 2 aromatic heterocycles. The molecule has 0 bridgehead atoms. The van der Waals surface area contributed by atoms with Gasteiger partial charge in [-0.3, -0.25) is 9.20 Å². The number of pyridine rings is 1. The monoisotopic (exact) mass is 267 g/mol. The maximum atomic E-state index is 11.1. The van der Waals surface area contributed by atoms with Gasteiger partial charge in [0.15, 0.2) is 0 Å². The molecular weight excluding hydrogens is 258 g/mol. The van der Waals surface area contributed by atoms with Crippen LogP contribution in [-0.4, -0.2) is 15.2 Å². The lowest BCUT2D eigenvalue weighted by molar-refractivity contribution is -0.116. The second-order valence-electron chi connectivity index (χ2n) is 3.37. The molecule has 0 atom stereocenters. The van der Waals surface area contributed by atoms with Crippen LogP contribution in [0.3, 0.4) is 0 Å². The molecule has 2 aromatic rings. The van der Waals surface area contributed by atoms with E-state index in [4.69, 9.17) is 5.73 Å². The molecule has 0 saturated heterocycles. The van der Waals surface area contributed by atoms with Crippen LogP contribution in [0, 0.1) is 0 Å². The highest BCUT2D eigenvalue weighted by Crippen LogP contribution is 2.22. The summed E-state index contributed by atoms with van der Waals surface area (Å²) >= 11 is 3.34. The number of imidazole rings is 1. The third kappa shape index (κ3) is 1.74. The molecule has 0 spiro atoms. The average Bonchev–Trinajstić information content (AvgIpc) is 2.44. The van der Waals surface area contributed by atoms with E-state index in [1.54, 1.807) is 10.5 Å². The van der Waals surface area contributed by atoms with E-state index in [2.05, 4.69) is 20.9 Å². The van der Waals surface area contributed by atoms with E-state index < -0.39 is 0 Å². The number of halogens is 1. The van der Waals surface area contributed by atoms with Crippen molar-refractivity contribution in [2.75, 3.05) is 5.73 Å². The van der Waals surface area contributed by atoms with E-state index in [-0.39, 0.29) is 5.78 Å². The van der Waals surface area contributed by atoms with E-state index in [0.29, 0.717) is 22.7 Å². The fourth-order valence-electron chi connectivity index (χ4n) is 1.54. The van der Waals surface area contributed by atoms with Crippen molar-refractivity contribution < 1.29 is 4.79 Å². The van der Waals surface area contributed by atoms with Gasteiger partial charge in [0.2, 0.25) is 0 Å². The number of nitrogens with zero attached hydrogens (tertiary/aromatic N) is 2. The number of carbonyl (C=O) groups excluding carboxylic acids is 1. The number of carbonyl (C=O) groups is 1. The zero-order chi connectivity index (χ0) is 11.0. The van der Waals surface area contributed by atoms with Gasteiger partial charge in [0.1, 0.15) is 22.0 Å². The van der Waals surface area contributed by atoms with Gasteiger partial charge in [0.25, 0.3) is 0 Å². The van der Waals surface area contributed by atoms with E-state index in [9.17, 15) is 4.79 Å². The smallest absolute Gasteiger partial charge is 0.137 e. The van der Waals surface area contributed by atoms with Gasteiger partial charge in [0.05, 0.1) is 11.9 Å². The summed E-state index contributed by atoms with van der Waals surface area (Å²) in [6.07, 6.45) is 0.293. The summed E-state index contributed by atoms with van der Waals surface area (Å²) in [5, 5.41) is 0. The van der Waals surface area contributed by atoms with Crippen LogP contribution in [0.2, 0.25) is 0 Å². The molecule has 2 N–H and O–H groups in total. The first-order valence-electron chi connectivity index (χ1n) is 4.50. The first-order valence-corrected chi connectivity index (χ1v) is 5.29. The SMILES string of the molecule is CC(=O)Cc1nc(Br)c2cccc(N)n12. The summed E-state index contributed by atoms with van der Waals surface area (Å²) in [4.78, 5) is 15.3. The van der Waals surface area contributed by atoms with E-state index in [0.717, 1.165) is 5.52 Å². The molecule has 0 unspecified atom stereocenters. The number of nitrogen functional groups attached to an aromatic ring is 1. The van der Waals surface area contributed by atoms with Crippen molar-refractivity contribution in [1.29, 1.82) is 0 Å². The number of aromatic nitrogens is 2. The molecule has 0 radical (unpaired) electrons. The Kier molecular flexibility index (Phi) is 2.48. The third-order valence-corrected chi connectivity index (χ3v) is 2.71. The number of rotatable bonds is 2. The van der Waals surface area contributed by atoms with Crippen LogP contribution in [0.1, 0.15) is 12.7 Å². The average molecular weight is 268 g/mol. The zero-order valence-electron chi connectivity index (χ0n) is 8.20. The Hall–Kier alpha value is -1.36. The summed E-state index contributed by atoms with van der Waals surface area (Å²) in [6.45, 7) is 1.54. The molecule has 2 heterocycles. The van der Waals surface area contributed by atoms with E-state index in [1.807, 2.05) is 12.1 Å². The number of fused-ring (bicyclic) bond motifs is 1. The van der Waals surface area contributed by atoms with Gasteiger partial charge in [-0.15, -0.1) is 0 Å². The van der Waals surface area contributed by atoms with Gasteiger partial charge in [-0.25, -0.2) is 4.98 Å².